The van der Waals surface area contributed by atoms with Crippen LogP contribution in [0.3, 0.4) is 0 Å². The molecule has 0 aromatic heterocycles. The molecule has 0 saturated heterocycles. The first kappa shape index (κ1) is 10.6. The van der Waals surface area contributed by atoms with E-state index in [2.05, 4.69) is 18.5 Å². The molecule has 0 unspecified atom stereocenters. The Kier molecular flexibility index (Phi) is 2.79. The standard InChI is InChI=1S/C11H15NO2/c1-5-8-9(6-2)14-7-11(3,4)12-10(8)13/h5-6H,1-2,7H2,3-4H3,(H,12,13). The average molecular weight is 193 g/mol. The van der Waals surface area contributed by atoms with Crippen LogP contribution in [0.1, 0.15) is 13.8 Å². The maximum atomic E-state index is 11.7. The molecule has 1 heterocycles. The lowest BCUT2D eigenvalue weighted by Crippen LogP contribution is -2.45. The number of hydrogen-bond donors (Lipinski definition) is 1. The number of amides is 1. The Bertz CT molecular complexity index is 313. The number of ether oxygens (including phenoxy) is 1. The first-order valence-electron chi connectivity index (χ1n) is 4.44. The van der Waals surface area contributed by atoms with Gasteiger partial charge in [0.1, 0.15) is 12.4 Å². The highest BCUT2D eigenvalue weighted by atomic mass is 16.5. The van der Waals surface area contributed by atoms with Crippen molar-refractivity contribution in [2.45, 2.75) is 19.4 Å². The van der Waals surface area contributed by atoms with E-state index in [-0.39, 0.29) is 11.4 Å². The lowest BCUT2D eigenvalue weighted by atomic mass is 10.1. The Morgan fingerprint density at radius 1 is 1.43 bits per heavy atom. The average Bonchev–Trinajstić information content (AvgIpc) is 2.20. The minimum atomic E-state index is -0.365. The first-order valence-corrected chi connectivity index (χ1v) is 4.44. The molecule has 0 fully saturated rings. The largest absolute Gasteiger partial charge is 0.490 e. The topological polar surface area (TPSA) is 38.3 Å². The van der Waals surface area contributed by atoms with Crippen LogP contribution in [-0.2, 0) is 9.53 Å². The summed E-state index contributed by atoms with van der Waals surface area (Å²) in [5, 5.41) is 2.84. The van der Waals surface area contributed by atoms with Crippen molar-refractivity contribution in [3.05, 3.63) is 36.6 Å². The second kappa shape index (κ2) is 3.70. The highest BCUT2D eigenvalue weighted by Crippen LogP contribution is 2.17. The number of rotatable bonds is 2. The third kappa shape index (κ3) is 2.05. The van der Waals surface area contributed by atoms with E-state index in [1.54, 1.807) is 0 Å². The van der Waals surface area contributed by atoms with Gasteiger partial charge in [-0.25, -0.2) is 0 Å². The second-order valence-electron chi connectivity index (χ2n) is 3.81. The van der Waals surface area contributed by atoms with Crippen LogP contribution in [0.15, 0.2) is 36.6 Å². The maximum Gasteiger partial charge on any atom is 0.255 e. The van der Waals surface area contributed by atoms with Gasteiger partial charge in [0.05, 0.1) is 11.1 Å². The molecule has 0 spiro atoms. The van der Waals surface area contributed by atoms with E-state index < -0.39 is 0 Å². The summed E-state index contributed by atoms with van der Waals surface area (Å²) in [4.78, 5) is 11.7. The van der Waals surface area contributed by atoms with Crippen molar-refractivity contribution in [1.29, 1.82) is 0 Å². The van der Waals surface area contributed by atoms with Crippen LogP contribution in [0.25, 0.3) is 0 Å². The molecule has 3 nitrogen and oxygen atoms in total. The van der Waals surface area contributed by atoms with Gasteiger partial charge in [0.2, 0.25) is 0 Å². The number of allylic oxidation sites excluding steroid dienone is 1. The first-order chi connectivity index (χ1) is 6.50. The van der Waals surface area contributed by atoms with Gasteiger partial charge in [0.15, 0.2) is 0 Å². The van der Waals surface area contributed by atoms with Crippen LogP contribution in [0.4, 0.5) is 0 Å². The van der Waals surface area contributed by atoms with Gasteiger partial charge >= 0.3 is 0 Å². The fraction of sp³-hybridized carbons (Fsp3) is 0.364. The summed E-state index contributed by atoms with van der Waals surface area (Å²) in [5.74, 6) is 0.320. The quantitative estimate of drug-likeness (QED) is 0.722. The van der Waals surface area contributed by atoms with Crippen molar-refractivity contribution in [3.8, 4) is 0 Å². The van der Waals surface area contributed by atoms with Crippen LogP contribution in [0.2, 0.25) is 0 Å². The van der Waals surface area contributed by atoms with E-state index in [4.69, 9.17) is 4.74 Å². The lowest BCUT2D eigenvalue weighted by molar-refractivity contribution is -0.118. The van der Waals surface area contributed by atoms with Gasteiger partial charge in [-0.1, -0.05) is 19.2 Å². The molecule has 1 rings (SSSR count). The van der Waals surface area contributed by atoms with Gasteiger partial charge in [-0.05, 0) is 19.9 Å². The highest BCUT2D eigenvalue weighted by molar-refractivity contribution is 5.97. The van der Waals surface area contributed by atoms with Gasteiger partial charge in [-0.15, -0.1) is 0 Å². The van der Waals surface area contributed by atoms with Gasteiger partial charge in [0, 0.05) is 0 Å². The van der Waals surface area contributed by atoms with Crippen LogP contribution in [0.5, 0.6) is 0 Å². The predicted octanol–water partition coefficient (Wildman–Crippen LogP) is 1.54. The van der Waals surface area contributed by atoms with Crippen molar-refractivity contribution in [2.24, 2.45) is 0 Å². The normalized spacial score (nSPS) is 20.6. The minimum absolute atomic E-state index is 0.169. The summed E-state index contributed by atoms with van der Waals surface area (Å²) < 4.78 is 5.45. The zero-order valence-electron chi connectivity index (χ0n) is 8.59. The Balaban J connectivity index is 3.07. The summed E-state index contributed by atoms with van der Waals surface area (Å²) in [6.07, 6.45) is 3.01. The van der Waals surface area contributed by atoms with E-state index in [1.807, 2.05) is 13.8 Å². The molecule has 0 bridgehead atoms. The van der Waals surface area contributed by atoms with E-state index in [0.717, 1.165) is 0 Å². The molecule has 0 atom stereocenters. The fourth-order valence-corrected chi connectivity index (χ4v) is 1.22. The SMILES string of the molecule is C=CC1=C(C=C)C(=O)NC(C)(C)CO1. The summed E-state index contributed by atoms with van der Waals surface area (Å²) in [7, 11) is 0. The third-order valence-corrected chi connectivity index (χ3v) is 1.94. The molecular formula is C11H15NO2. The molecule has 0 aromatic rings. The van der Waals surface area contributed by atoms with E-state index in [9.17, 15) is 4.79 Å². The number of carbonyl (C=O) groups excluding carboxylic acids is 1. The van der Waals surface area contributed by atoms with Crippen LogP contribution in [0, 0.1) is 0 Å². The summed E-state index contributed by atoms with van der Waals surface area (Å²) in [6.45, 7) is 11.4. The van der Waals surface area contributed by atoms with Crippen LogP contribution in [-0.4, -0.2) is 18.1 Å². The second-order valence-corrected chi connectivity index (χ2v) is 3.81. The zero-order valence-corrected chi connectivity index (χ0v) is 8.59. The van der Waals surface area contributed by atoms with Crippen molar-refractivity contribution < 1.29 is 9.53 Å². The van der Waals surface area contributed by atoms with Crippen molar-refractivity contribution in [3.63, 3.8) is 0 Å². The Morgan fingerprint density at radius 2 is 2.07 bits per heavy atom. The van der Waals surface area contributed by atoms with Gasteiger partial charge in [-0.3, -0.25) is 4.79 Å². The highest BCUT2D eigenvalue weighted by Gasteiger charge is 2.27. The molecule has 1 aliphatic heterocycles. The van der Waals surface area contributed by atoms with Crippen LogP contribution < -0.4 is 5.32 Å². The molecule has 1 amide bonds. The summed E-state index contributed by atoms with van der Waals surface area (Å²) in [5.41, 5.74) is 0.0707. The fourth-order valence-electron chi connectivity index (χ4n) is 1.22. The predicted molar refractivity (Wildman–Crippen MR) is 55.6 cm³/mol. The number of carbonyl (C=O) groups is 1. The Hall–Kier alpha value is -1.51. The zero-order chi connectivity index (χ0) is 10.8. The number of nitrogens with one attached hydrogen (secondary N) is 1. The molecule has 0 saturated carbocycles. The molecule has 1 aliphatic rings. The van der Waals surface area contributed by atoms with Crippen molar-refractivity contribution >= 4 is 5.91 Å². The molecule has 14 heavy (non-hydrogen) atoms. The molecule has 0 aromatic carbocycles. The molecule has 76 valence electrons. The molecule has 3 heteroatoms. The molecular weight excluding hydrogens is 178 g/mol. The Morgan fingerprint density at radius 3 is 2.57 bits per heavy atom. The van der Waals surface area contributed by atoms with Gasteiger partial charge in [-0.2, -0.15) is 0 Å². The molecule has 1 N–H and O–H groups in total. The van der Waals surface area contributed by atoms with Crippen molar-refractivity contribution in [2.75, 3.05) is 6.61 Å². The smallest absolute Gasteiger partial charge is 0.255 e. The lowest BCUT2D eigenvalue weighted by Gasteiger charge is -2.22. The minimum Gasteiger partial charge on any atom is -0.490 e. The molecule has 0 aliphatic carbocycles. The van der Waals surface area contributed by atoms with Gasteiger partial charge in [0.25, 0.3) is 5.91 Å². The molecule has 0 radical (unpaired) electrons. The van der Waals surface area contributed by atoms with Crippen LogP contribution >= 0.6 is 0 Å². The van der Waals surface area contributed by atoms with Crippen molar-refractivity contribution in [1.82, 2.24) is 5.32 Å². The summed E-state index contributed by atoms with van der Waals surface area (Å²) in [6, 6.07) is 0. The van der Waals surface area contributed by atoms with E-state index in [0.29, 0.717) is 17.9 Å². The monoisotopic (exact) mass is 193 g/mol. The Labute approximate surface area is 84.1 Å². The maximum absolute atomic E-state index is 11.7. The van der Waals surface area contributed by atoms with Gasteiger partial charge < -0.3 is 10.1 Å². The van der Waals surface area contributed by atoms with E-state index >= 15 is 0 Å². The number of hydrogen-bond acceptors (Lipinski definition) is 2. The summed E-state index contributed by atoms with van der Waals surface area (Å²) >= 11 is 0. The van der Waals surface area contributed by atoms with E-state index in [1.165, 1.54) is 12.2 Å². The third-order valence-electron chi connectivity index (χ3n) is 1.94.